The lowest BCUT2D eigenvalue weighted by Gasteiger charge is -2.15. The van der Waals surface area contributed by atoms with Crippen molar-refractivity contribution in [1.29, 1.82) is 0 Å². The molecule has 0 bridgehead atoms. The fraction of sp³-hybridized carbons (Fsp3) is 1.00. The van der Waals surface area contributed by atoms with Gasteiger partial charge in [0, 0.05) is 6.92 Å². The zero-order chi connectivity index (χ0) is 11.6. The van der Waals surface area contributed by atoms with Crippen LogP contribution in [0.2, 0.25) is 0 Å². The molecule has 0 aromatic carbocycles. The fourth-order valence-corrected chi connectivity index (χ4v) is 1.50. The Balaban J connectivity index is 2.99. The van der Waals surface area contributed by atoms with Crippen molar-refractivity contribution in [2.24, 2.45) is 0 Å². The molecule has 0 aliphatic carbocycles. The number of hydrogen-bond acceptors (Lipinski definition) is 3. The van der Waals surface area contributed by atoms with Crippen molar-refractivity contribution in [1.82, 2.24) is 0 Å². The quantitative estimate of drug-likeness (QED) is 0.438. The summed E-state index contributed by atoms with van der Waals surface area (Å²) in [4.78, 5) is 0. The average Bonchev–Trinajstić information content (AvgIpc) is 2.14. The molecular weight excluding hydrogens is 192 g/mol. The Hall–Kier alpha value is -0.120. The minimum Gasteiger partial charge on any atom is -0.344 e. The summed E-state index contributed by atoms with van der Waals surface area (Å²) in [6, 6.07) is 0. The fourth-order valence-electron chi connectivity index (χ4n) is 1.50. The van der Waals surface area contributed by atoms with Crippen LogP contribution in [0.4, 0.5) is 0 Å². The molecule has 0 unspecified atom stereocenters. The van der Waals surface area contributed by atoms with Crippen LogP contribution in [-0.4, -0.2) is 22.8 Å². The monoisotopic (exact) mass is 218 g/mol. The molecule has 15 heavy (non-hydrogen) atoms. The smallest absolute Gasteiger partial charge is 0.274 e. The molecule has 0 atom stereocenters. The van der Waals surface area contributed by atoms with Crippen LogP contribution >= 0.6 is 0 Å². The van der Waals surface area contributed by atoms with E-state index in [2.05, 4.69) is 6.92 Å². The minimum atomic E-state index is -1.96. The molecule has 0 saturated heterocycles. The Morgan fingerprint density at radius 2 is 1.33 bits per heavy atom. The Bertz CT molecular complexity index is 129. The molecule has 0 heterocycles. The number of hydrogen-bond donors (Lipinski definition) is 2. The largest absolute Gasteiger partial charge is 0.344 e. The van der Waals surface area contributed by atoms with Gasteiger partial charge in [-0.25, -0.2) is 0 Å². The van der Waals surface area contributed by atoms with Gasteiger partial charge in [-0.05, 0) is 6.42 Å². The molecular formula is C12H26O3. The van der Waals surface area contributed by atoms with Gasteiger partial charge in [0.25, 0.3) is 5.97 Å². The molecule has 0 aliphatic heterocycles. The summed E-state index contributed by atoms with van der Waals surface area (Å²) < 4.78 is 4.79. The number of ether oxygens (including phenoxy) is 1. The zero-order valence-electron chi connectivity index (χ0n) is 10.2. The molecule has 0 spiro atoms. The van der Waals surface area contributed by atoms with E-state index in [1.54, 1.807) is 0 Å². The highest BCUT2D eigenvalue weighted by Gasteiger charge is 2.13. The molecule has 0 amide bonds. The van der Waals surface area contributed by atoms with Gasteiger partial charge in [-0.15, -0.1) is 0 Å². The van der Waals surface area contributed by atoms with Gasteiger partial charge >= 0.3 is 0 Å². The molecule has 0 rings (SSSR count). The summed E-state index contributed by atoms with van der Waals surface area (Å²) in [5.41, 5.74) is 0. The highest BCUT2D eigenvalue weighted by Crippen LogP contribution is 2.09. The van der Waals surface area contributed by atoms with Crippen molar-refractivity contribution in [2.45, 2.75) is 71.2 Å². The lowest BCUT2D eigenvalue weighted by atomic mass is 10.1. The molecule has 0 aliphatic rings. The minimum absolute atomic E-state index is 0.429. The first kappa shape index (κ1) is 14.9. The standard InChI is InChI=1S/C12H26O3/c1-3-4-5-6-7-8-9-10-11-15-12(2,13)14/h13-14H,3-11H2,1-2H3. The topological polar surface area (TPSA) is 49.7 Å². The summed E-state index contributed by atoms with van der Waals surface area (Å²) in [6.45, 7) is 3.88. The van der Waals surface area contributed by atoms with Crippen molar-refractivity contribution in [3.63, 3.8) is 0 Å². The van der Waals surface area contributed by atoms with Crippen molar-refractivity contribution < 1.29 is 14.9 Å². The van der Waals surface area contributed by atoms with Crippen LogP contribution in [0.5, 0.6) is 0 Å². The summed E-state index contributed by atoms with van der Waals surface area (Å²) >= 11 is 0. The Labute approximate surface area is 93.5 Å². The Kier molecular flexibility index (Phi) is 9.06. The Morgan fingerprint density at radius 1 is 0.867 bits per heavy atom. The van der Waals surface area contributed by atoms with Crippen LogP contribution in [0, 0.1) is 0 Å². The average molecular weight is 218 g/mol. The molecule has 3 heteroatoms. The third-order valence-electron chi connectivity index (χ3n) is 2.37. The first-order chi connectivity index (χ1) is 7.06. The van der Waals surface area contributed by atoms with Gasteiger partial charge < -0.3 is 14.9 Å². The van der Waals surface area contributed by atoms with E-state index in [4.69, 9.17) is 14.9 Å². The van der Waals surface area contributed by atoms with Gasteiger partial charge in [-0.3, -0.25) is 0 Å². The van der Waals surface area contributed by atoms with Crippen molar-refractivity contribution in [3.8, 4) is 0 Å². The van der Waals surface area contributed by atoms with E-state index in [9.17, 15) is 0 Å². The maximum Gasteiger partial charge on any atom is 0.274 e. The molecule has 0 radical (unpaired) electrons. The summed E-state index contributed by atoms with van der Waals surface area (Å²) in [6.07, 6.45) is 9.84. The maximum atomic E-state index is 8.85. The van der Waals surface area contributed by atoms with Gasteiger partial charge in [0.2, 0.25) is 0 Å². The molecule has 0 fully saturated rings. The van der Waals surface area contributed by atoms with E-state index in [1.807, 2.05) is 0 Å². The van der Waals surface area contributed by atoms with E-state index in [0.29, 0.717) is 6.61 Å². The third kappa shape index (κ3) is 13.9. The first-order valence-corrected chi connectivity index (χ1v) is 6.15. The number of aliphatic hydroxyl groups is 2. The van der Waals surface area contributed by atoms with E-state index in [-0.39, 0.29) is 0 Å². The van der Waals surface area contributed by atoms with Crippen LogP contribution in [0.3, 0.4) is 0 Å². The van der Waals surface area contributed by atoms with Crippen molar-refractivity contribution >= 4 is 0 Å². The Morgan fingerprint density at radius 3 is 1.80 bits per heavy atom. The second kappa shape index (κ2) is 9.13. The normalized spacial score (nSPS) is 12.0. The SMILES string of the molecule is CCCCCCCCCCOC(C)(O)O. The molecule has 0 aromatic heterocycles. The van der Waals surface area contributed by atoms with Crippen molar-refractivity contribution in [2.75, 3.05) is 6.61 Å². The molecule has 92 valence electrons. The second-order valence-electron chi connectivity index (χ2n) is 4.26. The van der Waals surface area contributed by atoms with Crippen LogP contribution in [0.25, 0.3) is 0 Å². The highest BCUT2D eigenvalue weighted by molar-refractivity contribution is 4.46. The van der Waals surface area contributed by atoms with Gasteiger partial charge in [-0.1, -0.05) is 51.9 Å². The molecule has 0 aromatic rings. The van der Waals surface area contributed by atoms with Crippen LogP contribution in [-0.2, 0) is 4.74 Å². The zero-order valence-corrected chi connectivity index (χ0v) is 10.2. The lowest BCUT2D eigenvalue weighted by molar-refractivity contribution is -0.325. The van der Waals surface area contributed by atoms with Gasteiger partial charge in [-0.2, -0.15) is 0 Å². The van der Waals surface area contributed by atoms with Crippen LogP contribution in [0.1, 0.15) is 65.2 Å². The highest BCUT2D eigenvalue weighted by atomic mass is 16.8. The molecule has 0 saturated carbocycles. The van der Waals surface area contributed by atoms with E-state index in [1.165, 1.54) is 45.4 Å². The van der Waals surface area contributed by atoms with Crippen LogP contribution < -0.4 is 0 Å². The molecule has 3 nitrogen and oxygen atoms in total. The summed E-state index contributed by atoms with van der Waals surface area (Å²) in [5.74, 6) is -1.96. The summed E-state index contributed by atoms with van der Waals surface area (Å²) in [5, 5.41) is 17.7. The van der Waals surface area contributed by atoms with Crippen LogP contribution in [0.15, 0.2) is 0 Å². The van der Waals surface area contributed by atoms with Crippen molar-refractivity contribution in [3.05, 3.63) is 0 Å². The number of rotatable bonds is 10. The molecule has 2 N–H and O–H groups in total. The van der Waals surface area contributed by atoms with E-state index in [0.717, 1.165) is 12.8 Å². The van der Waals surface area contributed by atoms with Gasteiger partial charge in [0.15, 0.2) is 0 Å². The third-order valence-corrected chi connectivity index (χ3v) is 2.37. The van der Waals surface area contributed by atoms with E-state index >= 15 is 0 Å². The number of unbranched alkanes of at least 4 members (excludes halogenated alkanes) is 7. The predicted molar refractivity (Wildman–Crippen MR) is 61.4 cm³/mol. The first-order valence-electron chi connectivity index (χ1n) is 6.15. The van der Waals surface area contributed by atoms with Gasteiger partial charge in [0.1, 0.15) is 0 Å². The lowest BCUT2D eigenvalue weighted by Crippen LogP contribution is -2.27. The van der Waals surface area contributed by atoms with E-state index < -0.39 is 5.97 Å². The predicted octanol–water partition coefficient (Wildman–Crippen LogP) is 2.80. The second-order valence-corrected chi connectivity index (χ2v) is 4.26. The maximum absolute atomic E-state index is 8.85. The summed E-state index contributed by atoms with van der Waals surface area (Å²) in [7, 11) is 0. The van der Waals surface area contributed by atoms with Gasteiger partial charge in [0.05, 0.1) is 6.61 Å².